The van der Waals surface area contributed by atoms with Gasteiger partial charge in [0.2, 0.25) is 5.82 Å². The summed E-state index contributed by atoms with van der Waals surface area (Å²) in [4.78, 5) is 20.2. The van der Waals surface area contributed by atoms with E-state index >= 15 is 0 Å². The molecule has 1 aromatic carbocycles. The minimum Gasteiger partial charge on any atom is -0.497 e. The molecule has 1 unspecified atom stereocenters. The van der Waals surface area contributed by atoms with Gasteiger partial charge in [0.05, 0.1) is 23.6 Å². The Morgan fingerprint density at radius 3 is 2.90 bits per heavy atom. The van der Waals surface area contributed by atoms with Gasteiger partial charge in [-0.05, 0) is 42.5 Å². The van der Waals surface area contributed by atoms with Crippen LogP contribution in [0.2, 0.25) is 0 Å². The number of nitrogens with one attached hydrogen (secondary N) is 1. The number of carbonyl (C=O) groups excluding carboxylic acids is 1. The molecule has 4 rings (SSSR count). The van der Waals surface area contributed by atoms with E-state index < -0.39 is 6.04 Å². The normalized spacial score (nSPS) is 16.7. The van der Waals surface area contributed by atoms with Crippen molar-refractivity contribution in [3.05, 3.63) is 58.9 Å². The molecule has 0 bridgehead atoms. The topological polar surface area (TPSA) is 80.5 Å². The fourth-order valence-corrected chi connectivity index (χ4v) is 4.20. The van der Waals surface area contributed by atoms with E-state index in [-0.39, 0.29) is 6.03 Å². The van der Waals surface area contributed by atoms with Crippen LogP contribution in [0.25, 0.3) is 16.3 Å². The molecular formula is C22H24N4O3S. The molecule has 0 spiro atoms. The van der Waals surface area contributed by atoms with E-state index in [2.05, 4.69) is 22.4 Å². The number of hydrogen-bond acceptors (Lipinski definition) is 6. The Kier molecular flexibility index (Phi) is 5.85. The molecule has 0 radical (unpaired) electrons. The van der Waals surface area contributed by atoms with E-state index in [1.807, 2.05) is 48.7 Å². The molecule has 1 aliphatic heterocycles. The Labute approximate surface area is 179 Å². The monoisotopic (exact) mass is 424 g/mol. The first-order valence-corrected chi connectivity index (χ1v) is 10.8. The van der Waals surface area contributed by atoms with E-state index in [9.17, 15) is 4.79 Å². The maximum absolute atomic E-state index is 12.9. The molecule has 0 saturated carbocycles. The van der Waals surface area contributed by atoms with Crippen molar-refractivity contribution in [3.63, 3.8) is 0 Å². The van der Waals surface area contributed by atoms with Gasteiger partial charge in [-0.1, -0.05) is 36.7 Å². The zero-order chi connectivity index (χ0) is 21.1. The molecule has 7 nitrogen and oxygen atoms in total. The zero-order valence-corrected chi connectivity index (χ0v) is 18.0. The van der Waals surface area contributed by atoms with E-state index in [0.29, 0.717) is 18.3 Å². The van der Waals surface area contributed by atoms with Gasteiger partial charge < -0.3 is 14.6 Å². The maximum atomic E-state index is 12.9. The summed E-state index contributed by atoms with van der Waals surface area (Å²) in [6, 6.07) is 11.0. The number of hydrogen-bond donors (Lipinski definition) is 1. The Morgan fingerprint density at radius 2 is 2.17 bits per heavy atom. The van der Waals surface area contributed by atoms with Gasteiger partial charge in [-0.25, -0.2) is 4.79 Å². The van der Waals surface area contributed by atoms with Crippen molar-refractivity contribution in [1.82, 2.24) is 20.4 Å². The predicted octanol–water partition coefficient (Wildman–Crippen LogP) is 5.10. The summed E-state index contributed by atoms with van der Waals surface area (Å²) in [5.74, 6) is 1.67. The number of thiophene rings is 1. The lowest BCUT2D eigenvalue weighted by molar-refractivity contribution is 0.204. The van der Waals surface area contributed by atoms with Crippen molar-refractivity contribution in [2.45, 2.75) is 32.7 Å². The van der Waals surface area contributed by atoms with Gasteiger partial charge in [-0.15, -0.1) is 11.3 Å². The highest BCUT2D eigenvalue weighted by molar-refractivity contribution is 7.13. The molecule has 30 heavy (non-hydrogen) atoms. The summed E-state index contributed by atoms with van der Waals surface area (Å²) in [6.45, 7) is 4.67. The standard InChI is InChI=1S/C22H24N4O3S/c1-4-5-11-26-14(2)18(21-24-20(25-29-21)17-10-7-12-30-17)19(23-22(26)27)15-8-6-9-16(13-15)28-3/h6-10,12-13,19H,4-5,11H2,1-3H3,(H,23,27). The number of unbranched alkanes of at least 4 members (excludes halogenated alkanes) is 1. The molecule has 156 valence electrons. The van der Waals surface area contributed by atoms with Gasteiger partial charge in [-0.2, -0.15) is 4.98 Å². The van der Waals surface area contributed by atoms with Crippen LogP contribution in [0.5, 0.6) is 5.75 Å². The lowest BCUT2D eigenvalue weighted by Crippen LogP contribution is -2.46. The van der Waals surface area contributed by atoms with Gasteiger partial charge in [0.1, 0.15) is 5.75 Å². The number of nitrogens with zero attached hydrogens (tertiary/aromatic N) is 3. The van der Waals surface area contributed by atoms with Crippen LogP contribution in [0.3, 0.4) is 0 Å². The highest BCUT2D eigenvalue weighted by atomic mass is 32.1. The highest BCUT2D eigenvalue weighted by Gasteiger charge is 2.35. The average molecular weight is 425 g/mol. The molecule has 8 heteroatoms. The van der Waals surface area contributed by atoms with Gasteiger partial charge in [-0.3, -0.25) is 4.90 Å². The minimum absolute atomic E-state index is 0.129. The van der Waals surface area contributed by atoms with Gasteiger partial charge >= 0.3 is 6.03 Å². The minimum atomic E-state index is -0.415. The molecule has 2 amide bonds. The summed E-state index contributed by atoms with van der Waals surface area (Å²) in [7, 11) is 1.62. The van der Waals surface area contributed by atoms with Crippen molar-refractivity contribution in [1.29, 1.82) is 0 Å². The molecule has 1 atom stereocenters. The van der Waals surface area contributed by atoms with Crippen LogP contribution < -0.4 is 10.1 Å². The van der Waals surface area contributed by atoms with Gasteiger partial charge in [0.15, 0.2) is 0 Å². The number of urea groups is 1. The fourth-order valence-electron chi connectivity index (χ4n) is 3.55. The predicted molar refractivity (Wildman–Crippen MR) is 116 cm³/mol. The zero-order valence-electron chi connectivity index (χ0n) is 17.2. The molecule has 0 aliphatic carbocycles. The molecule has 1 N–H and O–H groups in total. The molecule has 2 aromatic heterocycles. The number of allylic oxidation sites excluding steroid dienone is 1. The number of ether oxygens (including phenoxy) is 1. The highest BCUT2D eigenvalue weighted by Crippen LogP contribution is 2.38. The second kappa shape index (κ2) is 8.71. The van der Waals surface area contributed by atoms with Crippen LogP contribution in [0.4, 0.5) is 4.79 Å². The lowest BCUT2D eigenvalue weighted by atomic mass is 9.94. The van der Waals surface area contributed by atoms with Crippen LogP contribution in [0.15, 0.2) is 52.0 Å². The Morgan fingerprint density at radius 1 is 1.30 bits per heavy atom. The third kappa shape index (κ3) is 3.82. The van der Waals surface area contributed by atoms with Gasteiger partial charge in [0.25, 0.3) is 5.89 Å². The van der Waals surface area contributed by atoms with Crippen molar-refractivity contribution >= 4 is 22.9 Å². The second-order valence-corrected chi connectivity index (χ2v) is 8.01. The fraction of sp³-hybridized carbons (Fsp3) is 0.318. The van der Waals surface area contributed by atoms with Crippen molar-refractivity contribution < 1.29 is 14.1 Å². The summed E-state index contributed by atoms with van der Waals surface area (Å²) in [5, 5.41) is 9.26. The smallest absolute Gasteiger partial charge is 0.322 e. The number of amides is 2. The number of methoxy groups -OCH3 is 1. The molecule has 0 saturated heterocycles. The summed E-state index contributed by atoms with van der Waals surface area (Å²) < 4.78 is 11.1. The summed E-state index contributed by atoms with van der Waals surface area (Å²) in [6.07, 6.45) is 1.90. The van der Waals surface area contributed by atoms with Crippen LogP contribution in [-0.4, -0.2) is 34.7 Å². The molecular weight excluding hydrogens is 400 g/mol. The van der Waals surface area contributed by atoms with Crippen LogP contribution in [0, 0.1) is 0 Å². The Balaban J connectivity index is 1.80. The van der Waals surface area contributed by atoms with Crippen molar-refractivity contribution in [2.75, 3.05) is 13.7 Å². The van der Waals surface area contributed by atoms with E-state index in [1.165, 1.54) is 0 Å². The SMILES string of the molecule is CCCCN1C(=O)NC(c2cccc(OC)c2)C(c2nc(-c3cccs3)no2)=C1C. The van der Waals surface area contributed by atoms with Crippen LogP contribution >= 0.6 is 11.3 Å². The molecule has 3 aromatic rings. The van der Waals surface area contributed by atoms with E-state index in [4.69, 9.17) is 9.26 Å². The Bertz CT molecular complexity index is 1060. The first-order valence-electron chi connectivity index (χ1n) is 9.93. The number of rotatable bonds is 7. The van der Waals surface area contributed by atoms with E-state index in [0.717, 1.165) is 40.3 Å². The quantitative estimate of drug-likeness (QED) is 0.570. The van der Waals surface area contributed by atoms with Crippen molar-refractivity contribution in [3.8, 4) is 16.5 Å². The summed E-state index contributed by atoms with van der Waals surface area (Å²) in [5.41, 5.74) is 2.51. The molecule has 3 heterocycles. The number of benzene rings is 1. The van der Waals surface area contributed by atoms with E-state index in [1.54, 1.807) is 23.3 Å². The maximum Gasteiger partial charge on any atom is 0.322 e. The number of carbonyl (C=O) groups is 1. The van der Waals surface area contributed by atoms with Crippen LogP contribution in [-0.2, 0) is 0 Å². The second-order valence-electron chi connectivity index (χ2n) is 7.06. The third-order valence-corrected chi connectivity index (χ3v) is 6.02. The third-order valence-electron chi connectivity index (χ3n) is 5.16. The number of aromatic nitrogens is 2. The molecule has 1 aliphatic rings. The lowest BCUT2D eigenvalue weighted by Gasteiger charge is -2.35. The largest absolute Gasteiger partial charge is 0.497 e. The molecule has 0 fully saturated rings. The van der Waals surface area contributed by atoms with Crippen LogP contribution in [0.1, 0.15) is 44.2 Å². The average Bonchev–Trinajstić information content (AvgIpc) is 3.45. The van der Waals surface area contributed by atoms with Gasteiger partial charge in [0, 0.05) is 12.2 Å². The first kappa shape index (κ1) is 20.2. The first-order chi connectivity index (χ1) is 14.6. The summed E-state index contributed by atoms with van der Waals surface area (Å²) >= 11 is 1.55. The Hall–Kier alpha value is -3.13. The van der Waals surface area contributed by atoms with Crippen molar-refractivity contribution in [2.24, 2.45) is 0 Å².